The molecular weight excluding hydrogens is 304 g/mol. The fourth-order valence-electron chi connectivity index (χ4n) is 1.81. The van der Waals surface area contributed by atoms with Gasteiger partial charge in [0.1, 0.15) is 22.4 Å². The molecule has 0 fully saturated rings. The van der Waals surface area contributed by atoms with Gasteiger partial charge in [-0.2, -0.15) is 0 Å². The first-order valence-electron chi connectivity index (χ1n) is 6.27. The maximum atomic E-state index is 4.22. The lowest BCUT2D eigenvalue weighted by molar-refractivity contribution is 0.857. The number of hydrogen-bond acceptors (Lipinski definition) is 4. The van der Waals surface area contributed by atoms with Crippen LogP contribution in [0.3, 0.4) is 0 Å². The van der Waals surface area contributed by atoms with Crippen molar-refractivity contribution in [3.8, 4) is 0 Å². The van der Waals surface area contributed by atoms with Crippen molar-refractivity contribution in [1.82, 2.24) is 9.97 Å². The van der Waals surface area contributed by atoms with Crippen molar-refractivity contribution in [2.75, 3.05) is 24.2 Å². The summed E-state index contributed by atoms with van der Waals surface area (Å²) in [5, 5.41) is 6.33. The summed E-state index contributed by atoms with van der Waals surface area (Å²) in [7, 11) is 1.84. The predicted molar refractivity (Wildman–Crippen MR) is 82.5 cm³/mol. The van der Waals surface area contributed by atoms with Crippen LogP contribution in [0.1, 0.15) is 12.0 Å². The topological polar surface area (TPSA) is 49.8 Å². The summed E-state index contributed by atoms with van der Waals surface area (Å²) in [6.07, 6.45) is 3.68. The first-order chi connectivity index (χ1) is 9.31. The van der Waals surface area contributed by atoms with Crippen molar-refractivity contribution in [2.24, 2.45) is 0 Å². The van der Waals surface area contributed by atoms with Crippen LogP contribution in [-0.4, -0.2) is 23.6 Å². The average Bonchev–Trinajstić information content (AvgIpc) is 2.46. The normalized spacial score (nSPS) is 10.2. The minimum absolute atomic E-state index is 0.792. The zero-order valence-corrected chi connectivity index (χ0v) is 12.4. The number of nitrogens with zero attached hydrogens (tertiary/aromatic N) is 2. The minimum atomic E-state index is 0.792. The standard InChI is InChI=1S/C14H17BrN4/c1-16-13-12(15)14(19-10-18-13)17-9-5-8-11-6-3-2-4-7-11/h2-4,6-7,10H,5,8-9H2,1H3,(H2,16,17,18,19). The highest BCUT2D eigenvalue weighted by Gasteiger charge is 2.06. The van der Waals surface area contributed by atoms with Gasteiger partial charge in [0.05, 0.1) is 0 Å². The second-order valence-electron chi connectivity index (χ2n) is 4.15. The Balaban J connectivity index is 1.83. The summed E-state index contributed by atoms with van der Waals surface area (Å²) in [5.74, 6) is 1.62. The third kappa shape index (κ3) is 3.92. The molecule has 2 rings (SSSR count). The lowest BCUT2D eigenvalue weighted by atomic mass is 10.1. The van der Waals surface area contributed by atoms with Gasteiger partial charge in [-0.15, -0.1) is 0 Å². The molecule has 4 nitrogen and oxygen atoms in total. The van der Waals surface area contributed by atoms with Crippen molar-refractivity contribution in [1.29, 1.82) is 0 Å². The molecule has 0 aliphatic carbocycles. The van der Waals surface area contributed by atoms with E-state index in [1.807, 2.05) is 13.1 Å². The van der Waals surface area contributed by atoms with Gasteiger partial charge in [-0.25, -0.2) is 9.97 Å². The summed E-state index contributed by atoms with van der Waals surface area (Å²) in [4.78, 5) is 8.35. The van der Waals surface area contributed by atoms with E-state index >= 15 is 0 Å². The highest BCUT2D eigenvalue weighted by Crippen LogP contribution is 2.25. The van der Waals surface area contributed by atoms with Crippen LogP contribution in [0.4, 0.5) is 11.6 Å². The van der Waals surface area contributed by atoms with E-state index in [2.05, 4.69) is 60.8 Å². The van der Waals surface area contributed by atoms with Gasteiger partial charge in [0, 0.05) is 13.6 Å². The first-order valence-corrected chi connectivity index (χ1v) is 7.06. The van der Waals surface area contributed by atoms with Gasteiger partial charge < -0.3 is 10.6 Å². The van der Waals surface area contributed by atoms with Gasteiger partial charge in [0.2, 0.25) is 0 Å². The lowest BCUT2D eigenvalue weighted by Gasteiger charge is -2.09. The number of benzene rings is 1. The van der Waals surface area contributed by atoms with Crippen LogP contribution >= 0.6 is 15.9 Å². The molecule has 0 aliphatic heterocycles. The Morgan fingerprint density at radius 3 is 2.58 bits per heavy atom. The highest BCUT2D eigenvalue weighted by molar-refractivity contribution is 9.10. The smallest absolute Gasteiger partial charge is 0.145 e. The Labute approximate surface area is 121 Å². The van der Waals surface area contributed by atoms with Crippen molar-refractivity contribution < 1.29 is 0 Å². The molecule has 1 aromatic heterocycles. The summed E-state index contributed by atoms with van der Waals surface area (Å²) in [5.41, 5.74) is 1.36. The van der Waals surface area contributed by atoms with E-state index in [-0.39, 0.29) is 0 Å². The molecular formula is C14H17BrN4. The largest absolute Gasteiger partial charge is 0.372 e. The van der Waals surface area contributed by atoms with Crippen molar-refractivity contribution in [3.63, 3.8) is 0 Å². The maximum absolute atomic E-state index is 4.22. The second-order valence-corrected chi connectivity index (χ2v) is 4.94. The number of rotatable bonds is 6. The van der Waals surface area contributed by atoms with E-state index in [0.717, 1.165) is 35.5 Å². The monoisotopic (exact) mass is 320 g/mol. The highest BCUT2D eigenvalue weighted by atomic mass is 79.9. The molecule has 1 heterocycles. The summed E-state index contributed by atoms with van der Waals surface area (Å²) < 4.78 is 0.872. The molecule has 100 valence electrons. The lowest BCUT2D eigenvalue weighted by Crippen LogP contribution is -2.07. The number of aryl methyl sites for hydroxylation is 1. The quantitative estimate of drug-likeness (QED) is 0.802. The van der Waals surface area contributed by atoms with Gasteiger partial charge in [-0.05, 0) is 34.3 Å². The molecule has 0 saturated carbocycles. The fraction of sp³-hybridized carbons (Fsp3) is 0.286. The Bertz CT molecular complexity index is 516. The second kappa shape index (κ2) is 7.09. The SMILES string of the molecule is CNc1ncnc(NCCCc2ccccc2)c1Br. The van der Waals surface area contributed by atoms with Crippen LogP contribution in [0, 0.1) is 0 Å². The van der Waals surface area contributed by atoms with Crippen molar-refractivity contribution in [3.05, 3.63) is 46.7 Å². The van der Waals surface area contributed by atoms with E-state index < -0.39 is 0 Å². The van der Waals surface area contributed by atoms with Gasteiger partial charge in [-0.1, -0.05) is 30.3 Å². The Morgan fingerprint density at radius 1 is 1.11 bits per heavy atom. The Morgan fingerprint density at radius 2 is 1.84 bits per heavy atom. The first kappa shape index (κ1) is 13.8. The maximum Gasteiger partial charge on any atom is 0.145 e. The van der Waals surface area contributed by atoms with Crippen LogP contribution in [0.5, 0.6) is 0 Å². The van der Waals surface area contributed by atoms with Crippen LogP contribution in [0.2, 0.25) is 0 Å². The number of nitrogens with one attached hydrogen (secondary N) is 2. The third-order valence-corrected chi connectivity index (χ3v) is 3.55. The Kier molecular flexibility index (Phi) is 5.15. The molecule has 2 N–H and O–H groups in total. The zero-order chi connectivity index (χ0) is 13.5. The van der Waals surface area contributed by atoms with Gasteiger partial charge >= 0.3 is 0 Å². The molecule has 19 heavy (non-hydrogen) atoms. The third-order valence-electron chi connectivity index (χ3n) is 2.80. The minimum Gasteiger partial charge on any atom is -0.372 e. The molecule has 0 saturated heterocycles. The molecule has 0 aliphatic rings. The molecule has 0 unspecified atom stereocenters. The van der Waals surface area contributed by atoms with E-state index in [1.54, 1.807) is 6.33 Å². The van der Waals surface area contributed by atoms with Crippen molar-refractivity contribution >= 4 is 27.6 Å². The van der Waals surface area contributed by atoms with E-state index in [0.29, 0.717) is 0 Å². The molecule has 0 bridgehead atoms. The molecule has 5 heteroatoms. The van der Waals surface area contributed by atoms with Gasteiger partial charge in [-0.3, -0.25) is 0 Å². The fourth-order valence-corrected chi connectivity index (χ4v) is 2.35. The van der Waals surface area contributed by atoms with Crippen LogP contribution in [0.15, 0.2) is 41.1 Å². The van der Waals surface area contributed by atoms with Gasteiger partial charge in [0.25, 0.3) is 0 Å². The van der Waals surface area contributed by atoms with Crippen LogP contribution in [0.25, 0.3) is 0 Å². The molecule has 0 spiro atoms. The predicted octanol–water partition coefficient (Wildman–Crippen LogP) is 3.33. The molecule has 0 amide bonds. The van der Waals surface area contributed by atoms with Crippen LogP contribution < -0.4 is 10.6 Å². The number of halogens is 1. The number of hydrogen-bond donors (Lipinski definition) is 2. The summed E-state index contributed by atoms with van der Waals surface area (Å²) >= 11 is 3.49. The number of anilines is 2. The van der Waals surface area contributed by atoms with E-state index in [4.69, 9.17) is 0 Å². The van der Waals surface area contributed by atoms with E-state index in [9.17, 15) is 0 Å². The number of aromatic nitrogens is 2. The van der Waals surface area contributed by atoms with Crippen LogP contribution in [-0.2, 0) is 6.42 Å². The molecule has 2 aromatic rings. The Hall–Kier alpha value is -1.62. The van der Waals surface area contributed by atoms with Crippen molar-refractivity contribution in [2.45, 2.75) is 12.8 Å². The molecule has 0 radical (unpaired) electrons. The van der Waals surface area contributed by atoms with Gasteiger partial charge in [0.15, 0.2) is 0 Å². The zero-order valence-electron chi connectivity index (χ0n) is 10.9. The van der Waals surface area contributed by atoms with E-state index in [1.165, 1.54) is 5.56 Å². The summed E-state index contributed by atoms with van der Waals surface area (Å²) in [6, 6.07) is 10.5. The summed E-state index contributed by atoms with van der Waals surface area (Å²) in [6.45, 7) is 0.883. The molecule has 0 atom stereocenters. The average molecular weight is 321 g/mol. The molecule has 1 aromatic carbocycles.